The van der Waals surface area contributed by atoms with Crippen molar-refractivity contribution < 1.29 is 9.90 Å². The molecule has 2 rings (SSSR count). The Morgan fingerprint density at radius 3 is 2.89 bits per heavy atom. The molecule has 0 aliphatic carbocycles. The zero-order valence-corrected chi connectivity index (χ0v) is 11.4. The van der Waals surface area contributed by atoms with Gasteiger partial charge in [0.15, 0.2) is 0 Å². The molecule has 4 N–H and O–H groups in total. The van der Waals surface area contributed by atoms with Gasteiger partial charge in [0.1, 0.15) is 0 Å². The minimum atomic E-state index is -0.694. The maximum Gasteiger partial charge on any atom is 0.253 e. The molecular formula is C14H16N2O2S. The van der Waals surface area contributed by atoms with Crippen LogP contribution in [0.1, 0.15) is 27.6 Å². The average molecular weight is 276 g/mol. The highest BCUT2D eigenvalue weighted by atomic mass is 32.1. The molecular weight excluding hydrogens is 260 g/mol. The molecule has 5 heteroatoms. The van der Waals surface area contributed by atoms with Crippen LogP contribution in [0.5, 0.6) is 0 Å². The topological polar surface area (TPSA) is 75.4 Å². The van der Waals surface area contributed by atoms with Gasteiger partial charge in [-0.05, 0) is 40.9 Å². The fraction of sp³-hybridized carbons (Fsp3) is 0.214. The Kier molecular flexibility index (Phi) is 4.19. The van der Waals surface area contributed by atoms with Crippen LogP contribution in [-0.2, 0) is 0 Å². The third kappa shape index (κ3) is 3.13. The molecule has 19 heavy (non-hydrogen) atoms. The van der Waals surface area contributed by atoms with Gasteiger partial charge in [0, 0.05) is 12.2 Å². The fourth-order valence-electron chi connectivity index (χ4n) is 1.86. The van der Waals surface area contributed by atoms with E-state index in [4.69, 9.17) is 5.73 Å². The van der Waals surface area contributed by atoms with Crippen molar-refractivity contribution in [1.82, 2.24) is 5.32 Å². The highest BCUT2D eigenvalue weighted by Gasteiger charge is 2.14. The zero-order valence-electron chi connectivity index (χ0n) is 10.6. The number of thiophene rings is 1. The van der Waals surface area contributed by atoms with Crippen molar-refractivity contribution in [3.8, 4) is 0 Å². The largest absolute Gasteiger partial charge is 0.398 e. The summed E-state index contributed by atoms with van der Waals surface area (Å²) in [5.41, 5.74) is 8.35. The highest BCUT2D eigenvalue weighted by Crippen LogP contribution is 2.18. The predicted molar refractivity (Wildman–Crippen MR) is 77.2 cm³/mol. The number of nitrogens with two attached hydrogens (primary N) is 1. The molecule has 4 nitrogen and oxygen atoms in total. The Hall–Kier alpha value is -1.85. The third-order valence-electron chi connectivity index (χ3n) is 2.92. The number of aliphatic hydroxyl groups is 1. The summed E-state index contributed by atoms with van der Waals surface area (Å²) in [4.78, 5) is 12.1. The molecule has 100 valence electrons. The van der Waals surface area contributed by atoms with Crippen LogP contribution >= 0.6 is 11.3 Å². The number of amides is 1. The van der Waals surface area contributed by atoms with Crippen LogP contribution in [0.4, 0.5) is 5.69 Å². The van der Waals surface area contributed by atoms with Crippen molar-refractivity contribution in [1.29, 1.82) is 0 Å². The molecule has 0 saturated heterocycles. The summed E-state index contributed by atoms with van der Waals surface area (Å²) in [7, 11) is 0. The smallest absolute Gasteiger partial charge is 0.253 e. The van der Waals surface area contributed by atoms with E-state index in [1.807, 2.05) is 35.9 Å². The number of hydrogen-bond acceptors (Lipinski definition) is 4. The minimum Gasteiger partial charge on any atom is -0.398 e. The minimum absolute atomic E-state index is 0.170. The van der Waals surface area contributed by atoms with E-state index in [1.165, 1.54) is 11.3 Å². The van der Waals surface area contributed by atoms with Gasteiger partial charge in [-0.15, -0.1) is 0 Å². The van der Waals surface area contributed by atoms with Gasteiger partial charge in [-0.2, -0.15) is 11.3 Å². The second-order valence-corrected chi connectivity index (χ2v) is 5.10. The summed E-state index contributed by atoms with van der Waals surface area (Å²) in [5, 5.41) is 16.4. The Morgan fingerprint density at radius 2 is 2.26 bits per heavy atom. The number of nitrogen functional groups attached to an aromatic ring is 1. The summed E-state index contributed by atoms with van der Waals surface area (Å²) in [6.07, 6.45) is -0.694. The van der Waals surface area contributed by atoms with Crippen LogP contribution in [0.15, 0.2) is 35.0 Å². The monoisotopic (exact) mass is 276 g/mol. The lowest BCUT2D eigenvalue weighted by Gasteiger charge is -2.13. The fourth-order valence-corrected chi connectivity index (χ4v) is 2.57. The van der Waals surface area contributed by atoms with E-state index < -0.39 is 6.10 Å². The number of aryl methyl sites for hydroxylation is 1. The number of rotatable bonds is 4. The molecule has 1 amide bonds. The Labute approximate surface area is 115 Å². The molecule has 0 saturated carbocycles. The molecule has 0 spiro atoms. The molecule has 2 aromatic rings. The Morgan fingerprint density at radius 1 is 1.47 bits per heavy atom. The van der Waals surface area contributed by atoms with Crippen LogP contribution in [0.3, 0.4) is 0 Å². The van der Waals surface area contributed by atoms with E-state index in [9.17, 15) is 9.90 Å². The number of hydrogen-bond donors (Lipinski definition) is 3. The predicted octanol–water partition coefficient (Wildman–Crippen LogP) is 2.10. The first-order valence-electron chi connectivity index (χ1n) is 5.93. The van der Waals surface area contributed by atoms with Gasteiger partial charge in [0.25, 0.3) is 5.91 Å². The number of aliphatic hydroxyl groups excluding tert-OH is 1. The molecule has 1 heterocycles. The molecule has 1 atom stereocenters. The van der Waals surface area contributed by atoms with Crippen molar-refractivity contribution in [2.75, 3.05) is 12.3 Å². The second kappa shape index (κ2) is 5.86. The van der Waals surface area contributed by atoms with Gasteiger partial charge in [-0.25, -0.2) is 0 Å². The standard InChI is InChI=1S/C14H16N2O2S/c1-9-3-2-4-11(15)13(9)14(18)16-7-12(17)10-5-6-19-8-10/h2-6,8,12,17H,7,15H2,1H3,(H,16,18). The summed E-state index contributed by atoms with van der Waals surface area (Å²) in [5.74, 6) is -0.259. The van der Waals surface area contributed by atoms with Crippen LogP contribution in [0.25, 0.3) is 0 Å². The number of benzene rings is 1. The lowest BCUT2D eigenvalue weighted by atomic mass is 10.1. The summed E-state index contributed by atoms with van der Waals surface area (Å²) >= 11 is 1.51. The Bertz CT molecular complexity index is 547. The quantitative estimate of drug-likeness (QED) is 0.749. The van der Waals surface area contributed by atoms with Gasteiger partial charge in [0.2, 0.25) is 0 Å². The molecule has 1 aromatic carbocycles. The van der Waals surface area contributed by atoms with Crippen LogP contribution < -0.4 is 11.1 Å². The molecule has 1 unspecified atom stereocenters. The van der Waals surface area contributed by atoms with Gasteiger partial charge >= 0.3 is 0 Å². The van der Waals surface area contributed by atoms with Crippen LogP contribution in [0.2, 0.25) is 0 Å². The molecule has 0 aliphatic rings. The van der Waals surface area contributed by atoms with Crippen molar-refractivity contribution in [3.05, 3.63) is 51.7 Å². The summed E-state index contributed by atoms with van der Waals surface area (Å²) in [6, 6.07) is 7.17. The van der Waals surface area contributed by atoms with E-state index in [1.54, 1.807) is 6.07 Å². The van der Waals surface area contributed by atoms with Gasteiger partial charge < -0.3 is 16.2 Å². The van der Waals surface area contributed by atoms with Crippen LogP contribution in [-0.4, -0.2) is 17.6 Å². The molecule has 0 bridgehead atoms. The average Bonchev–Trinajstić information content (AvgIpc) is 2.89. The third-order valence-corrected chi connectivity index (χ3v) is 3.62. The van der Waals surface area contributed by atoms with Crippen molar-refractivity contribution in [3.63, 3.8) is 0 Å². The maximum absolute atomic E-state index is 12.1. The second-order valence-electron chi connectivity index (χ2n) is 4.32. The number of nitrogens with one attached hydrogen (secondary N) is 1. The highest BCUT2D eigenvalue weighted by molar-refractivity contribution is 7.07. The molecule has 1 aromatic heterocycles. The normalized spacial score (nSPS) is 12.1. The van der Waals surface area contributed by atoms with Crippen molar-refractivity contribution in [2.24, 2.45) is 0 Å². The first-order valence-corrected chi connectivity index (χ1v) is 6.87. The number of carbonyl (C=O) groups is 1. The first-order chi connectivity index (χ1) is 9.09. The first kappa shape index (κ1) is 13.6. The van der Waals surface area contributed by atoms with E-state index in [2.05, 4.69) is 5.32 Å². The lowest BCUT2D eigenvalue weighted by molar-refractivity contribution is 0.0917. The maximum atomic E-state index is 12.1. The van der Waals surface area contributed by atoms with Gasteiger partial charge in [-0.1, -0.05) is 12.1 Å². The van der Waals surface area contributed by atoms with Gasteiger partial charge in [0.05, 0.1) is 11.7 Å². The molecule has 0 aliphatic heterocycles. The Balaban J connectivity index is 2.02. The summed E-state index contributed by atoms with van der Waals surface area (Å²) in [6.45, 7) is 2.00. The van der Waals surface area contributed by atoms with Gasteiger partial charge in [-0.3, -0.25) is 4.79 Å². The molecule has 0 radical (unpaired) electrons. The summed E-state index contributed by atoms with van der Waals surface area (Å²) < 4.78 is 0. The zero-order chi connectivity index (χ0) is 13.8. The lowest BCUT2D eigenvalue weighted by Crippen LogP contribution is -2.29. The van der Waals surface area contributed by atoms with Crippen molar-refractivity contribution >= 4 is 22.9 Å². The molecule has 0 fully saturated rings. The SMILES string of the molecule is Cc1cccc(N)c1C(=O)NCC(O)c1ccsc1. The van der Waals surface area contributed by atoms with E-state index in [0.717, 1.165) is 11.1 Å². The van der Waals surface area contributed by atoms with E-state index in [-0.39, 0.29) is 12.5 Å². The number of anilines is 1. The van der Waals surface area contributed by atoms with E-state index >= 15 is 0 Å². The van der Waals surface area contributed by atoms with Crippen molar-refractivity contribution in [2.45, 2.75) is 13.0 Å². The number of carbonyl (C=O) groups excluding carboxylic acids is 1. The van der Waals surface area contributed by atoms with E-state index in [0.29, 0.717) is 11.3 Å². The van der Waals surface area contributed by atoms with Crippen LogP contribution in [0, 0.1) is 6.92 Å².